The van der Waals surface area contributed by atoms with E-state index in [0.29, 0.717) is 16.3 Å². The number of carbonyl (C=O) groups is 2. The molecule has 242 valence electrons. The van der Waals surface area contributed by atoms with Gasteiger partial charge in [0, 0.05) is 30.1 Å². The van der Waals surface area contributed by atoms with Crippen molar-refractivity contribution in [2.24, 2.45) is 0 Å². The number of benzene rings is 4. The monoisotopic (exact) mass is 663 g/mol. The topological polar surface area (TPSA) is 105 Å². The first kappa shape index (κ1) is 34.3. The van der Waals surface area contributed by atoms with E-state index in [0.717, 1.165) is 9.87 Å². The molecule has 2 amide bonds. The average molecular weight is 664 g/mol. The van der Waals surface area contributed by atoms with Gasteiger partial charge in [0.2, 0.25) is 11.8 Å². The van der Waals surface area contributed by atoms with E-state index in [2.05, 4.69) is 5.32 Å². The summed E-state index contributed by atoms with van der Waals surface area (Å²) >= 11 is 6.15. The number of hydrogen-bond acceptors (Lipinski definition) is 6. The molecule has 0 spiro atoms. The maximum absolute atomic E-state index is 14.6. The molecule has 1 atom stereocenters. The van der Waals surface area contributed by atoms with Gasteiger partial charge in [-0.15, -0.1) is 0 Å². The van der Waals surface area contributed by atoms with Crippen LogP contribution in [0.2, 0.25) is 5.02 Å². The molecule has 4 aromatic rings. The fourth-order valence-electron chi connectivity index (χ4n) is 4.95. The van der Waals surface area contributed by atoms with Crippen molar-refractivity contribution in [3.63, 3.8) is 0 Å². The lowest BCUT2D eigenvalue weighted by molar-refractivity contribution is -0.140. The molecule has 0 bridgehead atoms. The minimum absolute atomic E-state index is 0.0182. The third-order valence-electron chi connectivity index (χ3n) is 7.23. The third kappa shape index (κ3) is 8.58. The van der Waals surface area contributed by atoms with Crippen molar-refractivity contribution in [3.05, 3.63) is 119 Å². The summed E-state index contributed by atoms with van der Waals surface area (Å²) in [5.74, 6) is -0.375. The zero-order valence-corrected chi connectivity index (χ0v) is 27.8. The van der Waals surface area contributed by atoms with Crippen LogP contribution in [0.1, 0.15) is 25.0 Å². The lowest BCUT2D eigenvalue weighted by atomic mass is 10.0. The molecule has 0 saturated carbocycles. The summed E-state index contributed by atoms with van der Waals surface area (Å²) in [5, 5.41) is 3.46. The van der Waals surface area contributed by atoms with Gasteiger partial charge in [-0.3, -0.25) is 13.9 Å². The Labute approximate surface area is 275 Å². The van der Waals surface area contributed by atoms with E-state index in [-0.39, 0.29) is 41.2 Å². The van der Waals surface area contributed by atoms with E-state index in [1.807, 2.05) is 44.2 Å². The van der Waals surface area contributed by atoms with Gasteiger partial charge in [-0.05, 0) is 61.4 Å². The van der Waals surface area contributed by atoms with Crippen LogP contribution in [0.15, 0.2) is 108 Å². The summed E-state index contributed by atoms with van der Waals surface area (Å²) in [7, 11) is -1.43. The van der Waals surface area contributed by atoms with Crippen molar-refractivity contribution in [2.45, 2.75) is 43.8 Å². The van der Waals surface area contributed by atoms with E-state index in [4.69, 9.17) is 21.1 Å². The van der Waals surface area contributed by atoms with Crippen LogP contribution in [0.25, 0.3) is 0 Å². The number of amides is 2. The number of hydrogen-bond donors (Lipinski definition) is 1. The van der Waals surface area contributed by atoms with Crippen LogP contribution >= 0.6 is 11.6 Å². The Morgan fingerprint density at radius 3 is 2.04 bits per heavy atom. The van der Waals surface area contributed by atoms with Crippen molar-refractivity contribution in [2.75, 3.05) is 25.1 Å². The summed E-state index contributed by atoms with van der Waals surface area (Å²) in [4.78, 5) is 29.8. The normalized spacial score (nSPS) is 11.9. The number of carbonyl (C=O) groups excluding carboxylic acids is 2. The number of rotatable bonds is 14. The van der Waals surface area contributed by atoms with Gasteiger partial charge in [-0.25, -0.2) is 8.42 Å². The quantitative estimate of drug-likeness (QED) is 0.185. The van der Waals surface area contributed by atoms with Crippen LogP contribution < -0.4 is 19.1 Å². The predicted molar refractivity (Wildman–Crippen MR) is 180 cm³/mol. The van der Waals surface area contributed by atoms with Crippen molar-refractivity contribution in [3.8, 4) is 11.5 Å². The largest absolute Gasteiger partial charge is 0.497 e. The van der Waals surface area contributed by atoms with Gasteiger partial charge in [0.05, 0.1) is 24.8 Å². The molecule has 11 heteroatoms. The van der Waals surface area contributed by atoms with E-state index < -0.39 is 28.5 Å². The highest BCUT2D eigenvalue weighted by molar-refractivity contribution is 7.92. The molecular weight excluding hydrogens is 626 g/mol. The predicted octanol–water partition coefficient (Wildman–Crippen LogP) is 5.72. The van der Waals surface area contributed by atoms with Crippen LogP contribution in [0, 0.1) is 0 Å². The molecule has 0 aliphatic rings. The Morgan fingerprint density at radius 1 is 0.826 bits per heavy atom. The van der Waals surface area contributed by atoms with Crippen LogP contribution in [-0.4, -0.2) is 58.0 Å². The first-order valence-corrected chi connectivity index (χ1v) is 16.5. The van der Waals surface area contributed by atoms with E-state index >= 15 is 0 Å². The molecule has 0 aliphatic carbocycles. The number of halogens is 1. The second-order valence-corrected chi connectivity index (χ2v) is 13.2. The van der Waals surface area contributed by atoms with E-state index in [9.17, 15) is 18.0 Å². The highest BCUT2D eigenvalue weighted by Crippen LogP contribution is 2.36. The number of sulfonamides is 1. The summed E-state index contributed by atoms with van der Waals surface area (Å²) in [6.45, 7) is 3.07. The Kier molecular flexibility index (Phi) is 11.7. The maximum atomic E-state index is 14.6. The van der Waals surface area contributed by atoms with Gasteiger partial charge in [0.25, 0.3) is 10.0 Å². The minimum Gasteiger partial charge on any atom is -0.497 e. The molecular formula is C35H38ClN3O6S. The summed E-state index contributed by atoms with van der Waals surface area (Å²) in [5.41, 5.74) is 1.66. The molecule has 0 unspecified atom stereocenters. The first-order valence-electron chi connectivity index (χ1n) is 14.7. The number of methoxy groups -OCH3 is 2. The summed E-state index contributed by atoms with van der Waals surface area (Å²) in [6, 6.07) is 27.7. The Bertz CT molecular complexity index is 1720. The van der Waals surface area contributed by atoms with Crippen molar-refractivity contribution in [1.29, 1.82) is 0 Å². The van der Waals surface area contributed by atoms with Crippen molar-refractivity contribution >= 4 is 39.1 Å². The maximum Gasteiger partial charge on any atom is 0.264 e. The molecule has 0 aliphatic heterocycles. The molecule has 0 radical (unpaired) electrons. The zero-order valence-electron chi connectivity index (χ0n) is 26.2. The SMILES string of the molecule is COc1ccc(OC)c(N(CC(=O)N(Cc2ccc(Cl)cc2)[C@H](Cc2ccccc2)C(=O)NC(C)C)S(=O)(=O)c2ccccc2)c1. The first-order chi connectivity index (χ1) is 22.0. The van der Waals surface area contributed by atoms with E-state index in [1.54, 1.807) is 54.6 Å². The molecule has 4 aromatic carbocycles. The Hall–Kier alpha value is -4.54. The second kappa shape index (κ2) is 15.6. The lowest BCUT2D eigenvalue weighted by Gasteiger charge is -2.34. The molecule has 1 N–H and O–H groups in total. The van der Waals surface area contributed by atoms with Crippen LogP contribution in [-0.2, 0) is 32.6 Å². The van der Waals surface area contributed by atoms with Crippen LogP contribution in [0.5, 0.6) is 11.5 Å². The average Bonchev–Trinajstić information content (AvgIpc) is 3.06. The molecule has 0 fully saturated rings. The van der Waals surface area contributed by atoms with Gasteiger partial charge in [0.15, 0.2) is 0 Å². The molecule has 0 aromatic heterocycles. The number of nitrogens with zero attached hydrogens (tertiary/aromatic N) is 2. The van der Waals surface area contributed by atoms with Gasteiger partial charge in [-0.2, -0.15) is 0 Å². The molecule has 9 nitrogen and oxygen atoms in total. The second-order valence-electron chi connectivity index (χ2n) is 10.9. The fraction of sp³-hybridized carbons (Fsp3) is 0.257. The molecule has 4 rings (SSSR count). The smallest absolute Gasteiger partial charge is 0.264 e. The van der Waals surface area contributed by atoms with Crippen molar-refractivity contribution < 1.29 is 27.5 Å². The Morgan fingerprint density at radius 2 is 1.46 bits per heavy atom. The van der Waals surface area contributed by atoms with Crippen molar-refractivity contribution in [1.82, 2.24) is 10.2 Å². The molecule has 46 heavy (non-hydrogen) atoms. The number of nitrogens with one attached hydrogen (secondary N) is 1. The van der Waals surface area contributed by atoms with Gasteiger partial charge >= 0.3 is 0 Å². The van der Waals surface area contributed by atoms with E-state index in [1.165, 1.54) is 37.3 Å². The van der Waals surface area contributed by atoms with Gasteiger partial charge in [-0.1, -0.05) is 72.3 Å². The van der Waals surface area contributed by atoms with Gasteiger partial charge < -0.3 is 19.7 Å². The molecule has 0 heterocycles. The van der Waals surface area contributed by atoms with Gasteiger partial charge in [0.1, 0.15) is 24.1 Å². The highest BCUT2D eigenvalue weighted by Gasteiger charge is 2.36. The molecule has 0 saturated heterocycles. The highest BCUT2D eigenvalue weighted by atomic mass is 35.5. The number of anilines is 1. The lowest BCUT2D eigenvalue weighted by Crippen LogP contribution is -2.54. The zero-order chi connectivity index (χ0) is 33.3. The summed E-state index contributed by atoms with van der Waals surface area (Å²) in [6.07, 6.45) is 0.201. The van der Waals surface area contributed by atoms with Crippen LogP contribution in [0.3, 0.4) is 0 Å². The summed E-state index contributed by atoms with van der Waals surface area (Å²) < 4.78 is 40.5. The third-order valence-corrected chi connectivity index (χ3v) is 9.26. The fourth-order valence-corrected chi connectivity index (χ4v) is 6.51. The number of ether oxygens (including phenoxy) is 2. The van der Waals surface area contributed by atoms with Crippen LogP contribution in [0.4, 0.5) is 5.69 Å². The standard InChI is InChI=1S/C35H38ClN3O6S/c1-25(2)37-35(41)32(21-26-11-7-5-8-12-26)38(23-27-15-17-28(36)18-16-27)34(40)24-39(46(42,43)30-13-9-6-10-14-30)31-22-29(44-3)19-20-33(31)45-4/h5-20,22,25,32H,21,23-24H2,1-4H3,(H,37,41)/t32-/m1/s1. The minimum atomic E-state index is -4.31. The Balaban J connectivity index is 1.86.